The third kappa shape index (κ3) is 3.96. The van der Waals surface area contributed by atoms with Crippen molar-refractivity contribution < 1.29 is 9.85 Å². The molecule has 0 heterocycles. The Bertz CT molecular complexity index is 689. The highest BCUT2D eigenvalue weighted by Gasteiger charge is 2.08. The normalized spacial score (nSPS) is 9.82. The van der Waals surface area contributed by atoms with Crippen molar-refractivity contribution in [2.24, 2.45) is 0 Å². The maximum atomic E-state index is 10.7. The van der Waals surface area contributed by atoms with Crippen LogP contribution in [0.5, 0.6) is 0 Å². The van der Waals surface area contributed by atoms with E-state index in [0.29, 0.717) is 11.4 Å². The lowest BCUT2D eigenvalue weighted by Gasteiger charge is -2.10. The molecule has 0 aliphatic carbocycles. The van der Waals surface area contributed by atoms with Crippen LogP contribution in [0.25, 0.3) is 0 Å². The Labute approximate surface area is 130 Å². The molecule has 0 bridgehead atoms. The fourth-order valence-electron chi connectivity index (χ4n) is 1.69. The minimum atomic E-state index is -0.512. The van der Waals surface area contributed by atoms with Gasteiger partial charge in [0.05, 0.1) is 9.85 Å². The third-order valence-corrected chi connectivity index (χ3v) is 2.83. The first kappa shape index (κ1) is 15.3. The molecule has 0 radical (unpaired) electrons. The van der Waals surface area contributed by atoms with Gasteiger partial charge in [-0.2, -0.15) is 0 Å². The average molecular weight is 318 g/mol. The lowest BCUT2D eigenvalue weighted by atomic mass is 10.3. The number of rotatable bonds is 4. The molecule has 2 aromatic rings. The van der Waals surface area contributed by atoms with Crippen molar-refractivity contribution in [2.45, 2.75) is 0 Å². The Kier molecular flexibility index (Phi) is 4.59. The van der Waals surface area contributed by atoms with Gasteiger partial charge in [-0.05, 0) is 24.4 Å². The smallest absolute Gasteiger partial charge is 0.271 e. The van der Waals surface area contributed by atoms with Crippen LogP contribution in [0.1, 0.15) is 0 Å². The van der Waals surface area contributed by atoms with E-state index >= 15 is 0 Å². The predicted octanol–water partition coefficient (Wildman–Crippen LogP) is 3.31. The highest BCUT2D eigenvalue weighted by molar-refractivity contribution is 7.80. The van der Waals surface area contributed by atoms with E-state index in [1.165, 1.54) is 36.4 Å². The summed E-state index contributed by atoms with van der Waals surface area (Å²) in [4.78, 5) is 20.4. The summed E-state index contributed by atoms with van der Waals surface area (Å²) < 4.78 is 0. The largest absolute Gasteiger partial charge is 0.332 e. The number of nitrogens with one attached hydrogen (secondary N) is 2. The Balaban J connectivity index is 2.07. The van der Waals surface area contributed by atoms with E-state index < -0.39 is 9.85 Å². The van der Waals surface area contributed by atoms with Gasteiger partial charge in [0.2, 0.25) is 0 Å². The van der Waals surface area contributed by atoms with E-state index in [4.69, 9.17) is 12.2 Å². The van der Waals surface area contributed by atoms with Crippen LogP contribution in [-0.2, 0) is 0 Å². The first-order valence-electron chi connectivity index (χ1n) is 6.02. The summed E-state index contributed by atoms with van der Waals surface area (Å²) in [5, 5.41) is 27.1. The molecule has 0 aliphatic rings. The second-order valence-corrected chi connectivity index (χ2v) is 4.60. The molecule has 2 aromatic carbocycles. The Hall–Kier alpha value is -3.07. The molecule has 0 amide bonds. The summed E-state index contributed by atoms with van der Waals surface area (Å²) >= 11 is 5.07. The van der Waals surface area contributed by atoms with Gasteiger partial charge in [0.25, 0.3) is 11.4 Å². The molecule has 112 valence electrons. The maximum absolute atomic E-state index is 10.7. The second kappa shape index (κ2) is 6.59. The molecule has 0 aromatic heterocycles. The van der Waals surface area contributed by atoms with Gasteiger partial charge in [0.1, 0.15) is 0 Å². The van der Waals surface area contributed by atoms with Crippen LogP contribution in [0, 0.1) is 20.2 Å². The Morgan fingerprint density at radius 3 is 1.64 bits per heavy atom. The Morgan fingerprint density at radius 1 is 0.864 bits per heavy atom. The minimum Gasteiger partial charge on any atom is -0.332 e. The molecule has 0 unspecified atom stereocenters. The van der Waals surface area contributed by atoms with E-state index in [1.807, 2.05) is 0 Å². The van der Waals surface area contributed by atoms with Crippen LogP contribution in [0.4, 0.5) is 22.7 Å². The molecule has 2 N–H and O–H groups in total. The highest BCUT2D eigenvalue weighted by Crippen LogP contribution is 2.19. The number of thiocarbonyl (C=S) groups is 1. The first-order chi connectivity index (χ1) is 10.5. The summed E-state index contributed by atoms with van der Waals surface area (Å²) in [6.07, 6.45) is 0. The molecule has 0 atom stereocenters. The molecule has 0 aliphatic heterocycles. The minimum absolute atomic E-state index is 0.0665. The van der Waals surface area contributed by atoms with Crippen molar-refractivity contribution in [3.8, 4) is 0 Å². The molecule has 2 rings (SSSR count). The van der Waals surface area contributed by atoms with E-state index in [1.54, 1.807) is 12.1 Å². The molecule has 8 nitrogen and oxygen atoms in total. The summed E-state index contributed by atoms with van der Waals surface area (Å²) in [5.74, 6) is 0. The average Bonchev–Trinajstić information content (AvgIpc) is 2.47. The van der Waals surface area contributed by atoms with Crippen LogP contribution in [0.3, 0.4) is 0 Å². The van der Waals surface area contributed by atoms with Gasteiger partial charge in [-0.1, -0.05) is 12.1 Å². The molecule has 0 fully saturated rings. The highest BCUT2D eigenvalue weighted by atomic mass is 32.1. The van der Waals surface area contributed by atoms with Gasteiger partial charge < -0.3 is 10.6 Å². The number of anilines is 2. The lowest BCUT2D eigenvalue weighted by molar-refractivity contribution is -0.385. The van der Waals surface area contributed by atoms with Crippen molar-refractivity contribution in [3.63, 3.8) is 0 Å². The molecule has 22 heavy (non-hydrogen) atoms. The lowest BCUT2D eigenvalue weighted by Crippen LogP contribution is -2.19. The number of nitrogens with zero attached hydrogens (tertiary/aromatic N) is 2. The molecular formula is C13H10N4O4S. The van der Waals surface area contributed by atoms with Crippen molar-refractivity contribution in [2.75, 3.05) is 10.6 Å². The van der Waals surface area contributed by atoms with Crippen LogP contribution >= 0.6 is 12.2 Å². The number of benzene rings is 2. The zero-order chi connectivity index (χ0) is 16.1. The summed E-state index contributed by atoms with van der Waals surface area (Å²) in [6.45, 7) is 0. The standard InChI is InChI=1S/C13H10N4O4S/c18-16(19)11-5-1-3-9(7-11)14-13(22)15-10-4-2-6-12(8-10)17(20)21/h1-8H,(H2,14,15,22). The van der Waals surface area contributed by atoms with Crippen LogP contribution < -0.4 is 10.6 Å². The maximum Gasteiger partial charge on any atom is 0.271 e. The number of non-ortho nitro benzene ring substituents is 2. The van der Waals surface area contributed by atoms with Crippen LogP contribution in [0.2, 0.25) is 0 Å². The quantitative estimate of drug-likeness (QED) is 0.505. The molecule has 9 heteroatoms. The van der Waals surface area contributed by atoms with E-state index in [-0.39, 0.29) is 16.5 Å². The number of hydrogen-bond donors (Lipinski definition) is 2. The first-order valence-corrected chi connectivity index (χ1v) is 6.43. The topological polar surface area (TPSA) is 110 Å². The number of hydrogen-bond acceptors (Lipinski definition) is 5. The van der Waals surface area contributed by atoms with Crippen molar-refractivity contribution in [1.29, 1.82) is 0 Å². The van der Waals surface area contributed by atoms with Crippen molar-refractivity contribution in [3.05, 3.63) is 68.8 Å². The molecular weight excluding hydrogens is 308 g/mol. The van der Waals surface area contributed by atoms with Gasteiger partial charge >= 0.3 is 0 Å². The van der Waals surface area contributed by atoms with Gasteiger partial charge in [0.15, 0.2) is 5.11 Å². The van der Waals surface area contributed by atoms with Gasteiger partial charge in [0, 0.05) is 35.6 Å². The summed E-state index contributed by atoms with van der Waals surface area (Å²) in [6, 6.07) is 11.7. The third-order valence-electron chi connectivity index (χ3n) is 2.63. The second-order valence-electron chi connectivity index (χ2n) is 4.19. The summed E-state index contributed by atoms with van der Waals surface area (Å²) in [7, 11) is 0. The molecule has 0 spiro atoms. The Morgan fingerprint density at radius 2 is 1.27 bits per heavy atom. The SMILES string of the molecule is O=[N+]([O-])c1cccc(NC(=S)Nc2cccc([N+](=O)[O-])c2)c1. The van der Waals surface area contributed by atoms with E-state index in [2.05, 4.69) is 10.6 Å². The molecule has 0 saturated carbocycles. The van der Waals surface area contributed by atoms with E-state index in [0.717, 1.165) is 0 Å². The fraction of sp³-hybridized carbons (Fsp3) is 0. The summed E-state index contributed by atoms with van der Waals surface area (Å²) in [5.41, 5.74) is 0.751. The monoisotopic (exact) mass is 318 g/mol. The molecule has 0 saturated heterocycles. The number of nitro benzene ring substituents is 2. The van der Waals surface area contributed by atoms with Gasteiger partial charge in [-0.25, -0.2) is 0 Å². The zero-order valence-corrected chi connectivity index (χ0v) is 11.9. The zero-order valence-electron chi connectivity index (χ0n) is 11.1. The van der Waals surface area contributed by atoms with Crippen LogP contribution in [0.15, 0.2) is 48.5 Å². The van der Waals surface area contributed by atoms with Crippen LogP contribution in [-0.4, -0.2) is 15.0 Å². The van der Waals surface area contributed by atoms with Crippen molar-refractivity contribution in [1.82, 2.24) is 0 Å². The fourth-order valence-corrected chi connectivity index (χ4v) is 1.92. The van der Waals surface area contributed by atoms with Gasteiger partial charge in [-0.3, -0.25) is 20.2 Å². The van der Waals surface area contributed by atoms with Crippen molar-refractivity contribution >= 4 is 40.1 Å². The predicted molar refractivity (Wildman–Crippen MR) is 86.0 cm³/mol. The van der Waals surface area contributed by atoms with Gasteiger partial charge in [-0.15, -0.1) is 0 Å². The number of nitro groups is 2. The van der Waals surface area contributed by atoms with E-state index in [9.17, 15) is 20.2 Å².